The average molecular weight is 352 g/mol. The van der Waals surface area contributed by atoms with Gasteiger partial charge in [-0.1, -0.05) is 19.4 Å². The molecule has 6 nitrogen and oxygen atoms in total. The molecule has 2 aliphatic rings. The smallest absolute Gasteiger partial charge is 0.253 e. The Hall–Kier alpha value is -1.60. The topological polar surface area (TPSA) is 75.7 Å². The second kappa shape index (κ2) is 7.11. The fourth-order valence-electron chi connectivity index (χ4n) is 3.16. The fourth-order valence-corrected chi connectivity index (χ4v) is 4.87. The summed E-state index contributed by atoms with van der Waals surface area (Å²) in [6.07, 6.45) is 3.43. The van der Waals surface area contributed by atoms with Crippen LogP contribution < -0.4 is 9.62 Å². The minimum absolute atomic E-state index is 0.161. The summed E-state index contributed by atoms with van der Waals surface area (Å²) in [5, 5.41) is 2.84. The highest BCUT2D eigenvalue weighted by Crippen LogP contribution is 2.33. The number of nitrogens with zero attached hydrogens (tertiary/aromatic N) is 1. The SMILES string of the molecule is CCCCS(=O)(=O)N1CCc2ccc(NC(=O)C3CCCO3)cc21. The van der Waals surface area contributed by atoms with E-state index >= 15 is 0 Å². The summed E-state index contributed by atoms with van der Waals surface area (Å²) in [5.41, 5.74) is 2.31. The van der Waals surface area contributed by atoms with Gasteiger partial charge in [0.15, 0.2) is 0 Å². The number of benzene rings is 1. The molecule has 2 heterocycles. The Bertz CT molecular complexity index is 711. The summed E-state index contributed by atoms with van der Waals surface area (Å²) in [7, 11) is -3.30. The molecule has 7 heteroatoms. The first-order chi connectivity index (χ1) is 11.5. The van der Waals surface area contributed by atoms with E-state index in [4.69, 9.17) is 4.74 Å². The van der Waals surface area contributed by atoms with E-state index in [9.17, 15) is 13.2 Å². The van der Waals surface area contributed by atoms with E-state index in [1.807, 2.05) is 19.1 Å². The van der Waals surface area contributed by atoms with Crippen molar-refractivity contribution in [1.82, 2.24) is 0 Å². The number of ether oxygens (including phenoxy) is 1. The number of anilines is 2. The van der Waals surface area contributed by atoms with Crippen molar-refractivity contribution >= 4 is 27.3 Å². The van der Waals surface area contributed by atoms with E-state index in [0.717, 1.165) is 24.8 Å². The van der Waals surface area contributed by atoms with Crippen molar-refractivity contribution in [2.75, 3.05) is 28.5 Å². The minimum atomic E-state index is -3.30. The van der Waals surface area contributed by atoms with Crippen molar-refractivity contribution in [1.29, 1.82) is 0 Å². The maximum atomic E-state index is 12.5. The number of fused-ring (bicyclic) bond motifs is 1. The maximum Gasteiger partial charge on any atom is 0.253 e. The van der Waals surface area contributed by atoms with E-state index in [1.54, 1.807) is 6.07 Å². The van der Waals surface area contributed by atoms with Crippen LogP contribution in [0.3, 0.4) is 0 Å². The standard InChI is InChI=1S/C17H24N2O4S/c1-2-3-11-24(21,22)19-9-8-13-6-7-14(12-15(13)19)18-17(20)16-5-4-10-23-16/h6-7,12,16H,2-5,8-11H2,1H3,(H,18,20). The summed E-state index contributed by atoms with van der Waals surface area (Å²) in [6, 6.07) is 5.49. The normalized spacial score (nSPS) is 20.2. The zero-order valence-electron chi connectivity index (χ0n) is 14.0. The van der Waals surface area contributed by atoms with E-state index in [-0.39, 0.29) is 11.7 Å². The number of hydrogen-bond acceptors (Lipinski definition) is 4. The molecular formula is C17H24N2O4S. The first kappa shape index (κ1) is 17.2. The van der Waals surface area contributed by atoms with Gasteiger partial charge in [-0.15, -0.1) is 0 Å². The predicted molar refractivity (Wildman–Crippen MR) is 93.8 cm³/mol. The molecule has 0 aliphatic carbocycles. The molecule has 1 atom stereocenters. The quantitative estimate of drug-likeness (QED) is 0.852. The molecule has 132 valence electrons. The van der Waals surface area contributed by atoms with Gasteiger partial charge >= 0.3 is 0 Å². The lowest BCUT2D eigenvalue weighted by Gasteiger charge is -2.20. The van der Waals surface area contributed by atoms with Crippen molar-refractivity contribution in [2.45, 2.75) is 45.1 Å². The summed E-state index contributed by atoms with van der Waals surface area (Å²) in [4.78, 5) is 12.2. The van der Waals surface area contributed by atoms with Crippen LogP contribution in [0.4, 0.5) is 11.4 Å². The van der Waals surface area contributed by atoms with Crippen molar-refractivity contribution in [3.63, 3.8) is 0 Å². The molecule has 3 rings (SSSR count). The van der Waals surface area contributed by atoms with Crippen LogP contribution in [0.5, 0.6) is 0 Å². The molecular weight excluding hydrogens is 328 g/mol. The highest BCUT2D eigenvalue weighted by molar-refractivity contribution is 7.92. The molecule has 0 aromatic heterocycles. The fraction of sp³-hybridized carbons (Fsp3) is 0.588. The molecule has 0 saturated carbocycles. The van der Waals surface area contributed by atoms with Gasteiger partial charge in [-0.25, -0.2) is 8.42 Å². The molecule has 24 heavy (non-hydrogen) atoms. The zero-order valence-corrected chi connectivity index (χ0v) is 14.8. The van der Waals surface area contributed by atoms with Gasteiger partial charge in [0.05, 0.1) is 11.4 Å². The number of amides is 1. The van der Waals surface area contributed by atoms with Crippen LogP contribution in [0.2, 0.25) is 0 Å². The average Bonchev–Trinajstić information content (AvgIpc) is 3.22. The van der Waals surface area contributed by atoms with Crippen LogP contribution in [0.25, 0.3) is 0 Å². The second-order valence-corrected chi connectivity index (χ2v) is 8.34. The Morgan fingerprint density at radius 3 is 2.96 bits per heavy atom. The third-order valence-electron chi connectivity index (χ3n) is 4.52. The van der Waals surface area contributed by atoms with E-state index in [0.29, 0.717) is 37.4 Å². The third kappa shape index (κ3) is 3.57. The molecule has 1 N–H and O–H groups in total. The molecule has 2 aliphatic heterocycles. The second-order valence-electron chi connectivity index (χ2n) is 6.33. The zero-order chi connectivity index (χ0) is 17.2. The molecule has 0 spiro atoms. The Kier molecular flexibility index (Phi) is 5.10. The molecule has 1 aromatic carbocycles. The van der Waals surface area contributed by atoms with Gasteiger partial charge in [0.2, 0.25) is 10.0 Å². The predicted octanol–water partition coefficient (Wildman–Crippen LogP) is 2.30. The summed E-state index contributed by atoms with van der Waals surface area (Å²) in [6.45, 7) is 3.07. The summed E-state index contributed by atoms with van der Waals surface area (Å²) < 4.78 is 31.9. The minimum Gasteiger partial charge on any atom is -0.368 e. The number of rotatable bonds is 6. The lowest BCUT2D eigenvalue weighted by Crippen LogP contribution is -2.31. The number of nitrogens with one attached hydrogen (secondary N) is 1. The van der Waals surface area contributed by atoms with Gasteiger partial charge in [0, 0.05) is 18.8 Å². The summed E-state index contributed by atoms with van der Waals surface area (Å²) in [5.74, 6) is 0.000882. The van der Waals surface area contributed by atoms with Crippen LogP contribution in [0.15, 0.2) is 18.2 Å². The van der Waals surface area contributed by atoms with Crippen molar-refractivity contribution in [3.8, 4) is 0 Å². The monoisotopic (exact) mass is 352 g/mol. The number of unbranched alkanes of at least 4 members (excludes halogenated alkanes) is 1. The van der Waals surface area contributed by atoms with E-state index in [1.165, 1.54) is 4.31 Å². The Balaban J connectivity index is 1.77. The van der Waals surface area contributed by atoms with E-state index < -0.39 is 16.1 Å². The van der Waals surface area contributed by atoms with E-state index in [2.05, 4.69) is 5.32 Å². The van der Waals surface area contributed by atoms with Crippen molar-refractivity contribution < 1.29 is 17.9 Å². The summed E-state index contributed by atoms with van der Waals surface area (Å²) >= 11 is 0. The van der Waals surface area contributed by atoms with Crippen LogP contribution in [0, 0.1) is 0 Å². The van der Waals surface area contributed by atoms with Gasteiger partial charge < -0.3 is 10.1 Å². The van der Waals surface area contributed by atoms with Gasteiger partial charge in [-0.3, -0.25) is 9.10 Å². The number of sulfonamides is 1. The largest absolute Gasteiger partial charge is 0.368 e. The van der Waals surface area contributed by atoms with Crippen molar-refractivity contribution in [3.05, 3.63) is 23.8 Å². The maximum absolute atomic E-state index is 12.5. The van der Waals surface area contributed by atoms with Crippen LogP contribution in [-0.4, -0.2) is 39.3 Å². The molecule has 0 radical (unpaired) electrons. The number of hydrogen-bond donors (Lipinski definition) is 1. The molecule has 1 saturated heterocycles. The highest BCUT2D eigenvalue weighted by atomic mass is 32.2. The van der Waals surface area contributed by atoms with Gasteiger partial charge in [0.25, 0.3) is 5.91 Å². The van der Waals surface area contributed by atoms with Gasteiger partial charge in [-0.2, -0.15) is 0 Å². The number of carbonyl (C=O) groups excluding carboxylic acids is 1. The Morgan fingerprint density at radius 1 is 1.42 bits per heavy atom. The van der Waals surface area contributed by atoms with Crippen LogP contribution in [-0.2, 0) is 26.0 Å². The van der Waals surface area contributed by atoms with Crippen LogP contribution >= 0.6 is 0 Å². The molecule has 1 amide bonds. The molecule has 0 bridgehead atoms. The van der Waals surface area contributed by atoms with Crippen LogP contribution in [0.1, 0.15) is 38.2 Å². The lowest BCUT2D eigenvalue weighted by molar-refractivity contribution is -0.124. The first-order valence-corrected chi connectivity index (χ1v) is 10.2. The highest BCUT2D eigenvalue weighted by Gasteiger charge is 2.30. The molecule has 1 fully saturated rings. The Morgan fingerprint density at radius 2 is 2.25 bits per heavy atom. The Labute approximate surface area is 143 Å². The number of carbonyl (C=O) groups is 1. The first-order valence-electron chi connectivity index (χ1n) is 8.57. The molecule has 1 aromatic rings. The molecule has 1 unspecified atom stereocenters. The van der Waals surface area contributed by atoms with Crippen molar-refractivity contribution in [2.24, 2.45) is 0 Å². The third-order valence-corrected chi connectivity index (χ3v) is 6.37. The van der Waals surface area contributed by atoms with Gasteiger partial charge in [0.1, 0.15) is 6.10 Å². The lowest BCUT2D eigenvalue weighted by atomic mass is 10.1. The van der Waals surface area contributed by atoms with Gasteiger partial charge in [-0.05, 0) is 43.4 Å².